The summed E-state index contributed by atoms with van der Waals surface area (Å²) in [4.78, 5) is 0. The van der Waals surface area contributed by atoms with Crippen molar-refractivity contribution >= 4 is 20.8 Å². The molecule has 98 valence electrons. The third-order valence-corrected chi connectivity index (χ3v) is 3.16. The summed E-state index contributed by atoms with van der Waals surface area (Å²) in [7, 11) is -3.66. The number of hydrogen-bond acceptors (Lipinski definition) is 4. The minimum Gasteiger partial charge on any atom is -0.363 e. The van der Waals surface area contributed by atoms with E-state index in [9.17, 15) is 8.42 Å². The van der Waals surface area contributed by atoms with Gasteiger partial charge in [-0.2, -0.15) is 0 Å². The number of rotatable bonds is 1. The molecule has 0 bridgehead atoms. The molecule has 3 aromatic rings. The van der Waals surface area contributed by atoms with Crippen molar-refractivity contribution in [2.24, 2.45) is 5.14 Å². The van der Waals surface area contributed by atoms with Crippen LogP contribution >= 0.6 is 0 Å². The van der Waals surface area contributed by atoms with Gasteiger partial charge < -0.3 is 4.52 Å². The summed E-state index contributed by atoms with van der Waals surface area (Å²) in [5, 5.41) is 10.1. The molecule has 0 aliphatic rings. The van der Waals surface area contributed by atoms with Crippen LogP contribution in [0.15, 0.2) is 70.4 Å². The van der Waals surface area contributed by atoms with Crippen molar-refractivity contribution in [3.05, 3.63) is 60.9 Å². The Bertz CT molecular complexity index is 687. The van der Waals surface area contributed by atoms with Gasteiger partial charge in [-0.25, -0.2) is 13.6 Å². The third kappa shape index (κ3) is 3.64. The Kier molecular flexibility index (Phi) is 3.94. The minimum absolute atomic E-state index is 0.248. The maximum absolute atomic E-state index is 10.3. The van der Waals surface area contributed by atoms with Gasteiger partial charge in [0.1, 0.15) is 6.26 Å². The van der Waals surface area contributed by atoms with Gasteiger partial charge in [0.05, 0.1) is 0 Å². The smallest absolute Gasteiger partial charge is 0.259 e. The fraction of sp³-hybridized carbons (Fsp3) is 0. The number of nitrogens with two attached hydrogens (primary N) is 1. The van der Waals surface area contributed by atoms with Crippen LogP contribution in [0.3, 0.4) is 0 Å². The van der Waals surface area contributed by atoms with E-state index >= 15 is 0 Å². The zero-order valence-corrected chi connectivity index (χ0v) is 10.7. The van der Waals surface area contributed by atoms with Gasteiger partial charge in [-0.15, -0.1) is 0 Å². The van der Waals surface area contributed by atoms with E-state index in [1.807, 2.05) is 0 Å². The lowest BCUT2D eigenvalue weighted by Crippen LogP contribution is -2.12. The monoisotopic (exact) mass is 276 g/mol. The van der Waals surface area contributed by atoms with Crippen LogP contribution in [0.2, 0.25) is 0 Å². The molecule has 0 fully saturated rings. The lowest BCUT2D eigenvalue weighted by molar-refractivity contribution is 0.400. The molecule has 0 radical (unpaired) electrons. The number of aromatic nitrogens is 1. The van der Waals surface area contributed by atoms with Gasteiger partial charge in [0.25, 0.3) is 10.0 Å². The molecule has 3 rings (SSSR count). The number of sulfonamides is 1. The Labute approximate surface area is 110 Å². The molecule has 0 atom stereocenters. The highest BCUT2D eigenvalue weighted by Gasteiger charge is 2.09. The quantitative estimate of drug-likeness (QED) is 0.738. The van der Waals surface area contributed by atoms with Gasteiger partial charge in [-0.1, -0.05) is 53.7 Å². The Balaban J connectivity index is 0.000000141. The maximum Gasteiger partial charge on any atom is 0.259 e. The van der Waals surface area contributed by atoms with E-state index in [1.165, 1.54) is 16.8 Å². The van der Waals surface area contributed by atoms with Crippen molar-refractivity contribution in [2.45, 2.75) is 5.03 Å². The summed E-state index contributed by atoms with van der Waals surface area (Å²) in [6, 6.07) is 17.9. The second kappa shape index (κ2) is 5.64. The van der Waals surface area contributed by atoms with Gasteiger partial charge in [-0.05, 0) is 10.8 Å². The second-order valence-electron chi connectivity index (χ2n) is 3.73. The van der Waals surface area contributed by atoms with E-state index in [-0.39, 0.29) is 5.03 Å². The first-order valence-corrected chi connectivity index (χ1v) is 6.99. The first kappa shape index (κ1) is 13.3. The number of hydrogen-bond donors (Lipinski definition) is 1. The highest BCUT2D eigenvalue weighted by molar-refractivity contribution is 7.89. The molecule has 1 aromatic heterocycles. The highest BCUT2D eigenvalue weighted by atomic mass is 32.2. The molecule has 6 heteroatoms. The Morgan fingerprint density at radius 3 is 1.63 bits per heavy atom. The Hall–Kier alpha value is -2.18. The SMILES string of the molecule is NS(=O)(=O)c1ccon1.c1ccc2ccccc2c1. The van der Waals surface area contributed by atoms with Crippen LogP contribution in [-0.4, -0.2) is 13.6 Å². The summed E-state index contributed by atoms with van der Waals surface area (Å²) >= 11 is 0. The first-order valence-electron chi connectivity index (χ1n) is 5.44. The van der Waals surface area contributed by atoms with E-state index in [2.05, 4.69) is 63.3 Å². The molecule has 5 nitrogen and oxygen atoms in total. The average Bonchev–Trinajstić information content (AvgIpc) is 2.93. The molecular formula is C13H12N2O3S. The van der Waals surface area contributed by atoms with Crippen molar-refractivity contribution in [1.29, 1.82) is 0 Å². The van der Waals surface area contributed by atoms with Crippen LogP contribution in [0.1, 0.15) is 0 Å². The molecular weight excluding hydrogens is 264 g/mol. The normalized spacial score (nSPS) is 10.8. The molecule has 0 spiro atoms. The van der Waals surface area contributed by atoms with Crippen molar-refractivity contribution in [2.75, 3.05) is 0 Å². The van der Waals surface area contributed by atoms with E-state index in [4.69, 9.17) is 0 Å². The topological polar surface area (TPSA) is 86.2 Å². The van der Waals surface area contributed by atoms with Crippen LogP contribution in [0.5, 0.6) is 0 Å². The molecule has 2 N–H and O–H groups in total. The molecule has 19 heavy (non-hydrogen) atoms. The lowest BCUT2D eigenvalue weighted by Gasteiger charge is -1.92. The summed E-state index contributed by atoms with van der Waals surface area (Å²) in [5.74, 6) is 0. The van der Waals surface area contributed by atoms with Crippen LogP contribution in [-0.2, 0) is 10.0 Å². The largest absolute Gasteiger partial charge is 0.363 e. The second-order valence-corrected chi connectivity index (χ2v) is 5.24. The predicted molar refractivity (Wildman–Crippen MR) is 71.8 cm³/mol. The molecule has 0 unspecified atom stereocenters. The van der Waals surface area contributed by atoms with Crippen LogP contribution < -0.4 is 5.14 Å². The van der Waals surface area contributed by atoms with Gasteiger partial charge in [0, 0.05) is 6.07 Å². The third-order valence-electron chi connectivity index (χ3n) is 2.36. The minimum atomic E-state index is -3.66. The number of primary sulfonamides is 1. The number of fused-ring (bicyclic) bond motifs is 1. The molecule has 1 heterocycles. The van der Waals surface area contributed by atoms with Gasteiger partial charge in [-0.3, -0.25) is 0 Å². The van der Waals surface area contributed by atoms with Crippen molar-refractivity contribution < 1.29 is 12.9 Å². The summed E-state index contributed by atoms with van der Waals surface area (Å²) in [6.07, 6.45) is 1.14. The first-order chi connectivity index (χ1) is 9.07. The van der Waals surface area contributed by atoms with Crippen molar-refractivity contribution in [3.8, 4) is 0 Å². The van der Waals surface area contributed by atoms with Gasteiger partial charge >= 0.3 is 0 Å². The number of benzene rings is 2. The Morgan fingerprint density at radius 2 is 1.37 bits per heavy atom. The molecule has 0 saturated heterocycles. The highest BCUT2D eigenvalue weighted by Crippen LogP contribution is 2.11. The molecule has 0 amide bonds. The lowest BCUT2D eigenvalue weighted by atomic mass is 10.1. The molecule has 0 aliphatic carbocycles. The summed E-state index contributed by atoms with van der Waals surface area (Å²) in [6.45, 7) is 0. The molecule has 0 saturated carbocycles. The van der Waals surface area contributed by atoms with Gasteiger partial charge in [0.15, 0.2) is 0 Å². The van der Waals surface area contributed by atoms with E-state index in [0.29, 0.717) is 0 Å². The fourth-order valence-corrected chi connectivity index (χ4v) is 1.87. The van der Waals surface area contributed by atoms with Gasteiger partial charge in [0.2, 0.25) is 5.03 Å². The zero-order valence-electron chi connectivity index (χ0n) is 9.93. The summed E-state index contributed by atoms with van der Waals surface area (Å²) in [5.41, 5.74) is 0. The fourth-order valence-electron chi connectivity index (χ4n) is 1.48. The molecule has 0 aliphatic heterocycles. The van der Waals surface area contributed by atoms with Crippen molar-refractivity contribution in [1.82, 2.24) is 5.16 Å². The average molecular weight is 276 g/mol. The maximum atomic E-state index is 10.3. The Morgan fingerprint density at radius 1 is 0.895 bits per heavy atom. The van der Waals surface area contributed by atoms with Crippen LogP contribution in [0.25, 0.3) is 10.8 Å². The van der Waals surface area contributed by atoms with E-state index in [1.54, 1.807) is 0 Å². The molecule has 2 aromatic carbocycles. The van der Waals surface area contributed by atoms with E-state index in [0.717, 1.165) is 6.26 Å². The summed E-state index contributed by atoms with van der Waals surface area (Å²) < 4.78 is 24.9. The van der Waals surface area contributed by atoms with Crippen molar-refractivity contribution in [3.63, 3.8) is 0 Å². The standard InChI is InChI=1S/C10H8.C3H4N2O3S/c1-2-6-10-8-4-3-7-9(10)5-1;4-9(6,7)3-1-2-8-5-3/h1-8H;1-2H,(H2,4,6,7). The predicted octanol–water partition coefficient (Wildman–Crippen LogP) is 2.16. The number of nitrogens with zero attached hydrogens (tertiary/aromatic N) is 1. The zero-order chi connectivity index (χ0) is 13.7. The van der Waals surface area contributed by atoms with Crippen LogP contribution in [0.4, 0.5) is 0 Å². The van der Waals surface area contributed by atoms with Crippen LogP contribution in [0, 0.1) is 0 Å². The van der Waals surface area contributed by atoms with E-state index < -0.39 is 10.0 Å².